The van der Waals surface area contributed by atoms with Gasteiger partial charge in [-0.25, -0.2) is 0 Å². The van der Waals surface area contributed by atoms with Crippen LogP contribution in [0.4, 0.5) is 5.95 Å². The van der Waals surface area contributed by atoms with Gasteiger partial charge < -0.3 is 5.32 Å². The monoisotopic (exact) mass is 262 g/mol. The summed E-state index contributed by atoms with van der Waals surface area (Å²) in [6.07, 6.45) is 0. The van der Waals surface area contributed by atoms with Gasteiger partial charge in [-0.2, -0.15) is 15.0 Å². The molecule has 78 valence electrons. The van der Waals surface area contributed by atoms with Crippen molar-refractivity contribution < 1.29 is 0 Å². The predicted molar refractivity (Wildman–Crippen MR) is 57.1 cm³/mol. The Kier molecular flexibility index (Phi) is 3.24. The molecule has 0 aromatic carbocycles. The van der Waals surface area contributed by atoms with Gasteiger partial charge >= 0.3 is 0 Å². The minimum absolute atomic E-state index is 0.0499. The first-order chi connectivity index (χ1) is 7.24. The summed E-state index contributed by atoms with van der Waals surface area (Å²) in [5, 5.41) is 8.66. The molecule has 0 spiro atoms. The minimum Gasteiger partial charge on any atom is -0.348 e. The Morgan fingerprint density at radius 1 is 1.20 bits per heavy atom. The van der Waals surface area contributed by atoms with Crippen LogP contribution in [0, 0.1) is 0 Å². The van der Waals surface area contributed by atoms with Crippen molar-refractivity contribution in [3.05, 3.63) is 21.6 Å². The largest absolute Gasteiger partial charge is 0.348 e. The van der Waals surface area contributed by atoms with E-state index in [1.165, 1.54) is 11.5 Å². The van der Waals surface area contributed by atoms with Crippen molar-refractivity contribution in [2.45, 2.75) is 6.54 Å². The van der Waals surface area contributed by atoms with Crippen LogP contribution in [0.1, 0.15) is 5.69 Å². The first-order valence-corrected chi connectivity index (χ1v) is 5.40. The molecule has 0 atom stereocenters. The third-order valence-corrected chi connectivity index (χ3v) is 2.31. The third kappa shape index (κ3) is 2.95. The van der Waals surface area contributed by atoms with E-state index >= 15 is 0 Å². The van der Waals surface area contributed by atoms with Crippen molar-refractivity contribution in [2.24, 2.45) is 0 Å². The van der Waals surface area contributed by atoms with Gasteiger partial charge in [-0.15, -0.1) is 5.10 Å². The lowest BCUT2D eigenvalue weighted by atomic mass is 10.5. The van der Waals surface area contributed by atoms with Crippen molar-refractivity contribution in [3.8, 4) is 0 Å². The van der Waals surface area contributed by atoms with Crippen LogP contribution in [0.5, 0.6) is 0 Å². The highest BCUT2D eigenvalue weighted by Crippen LogP contribution is 2.10. The molecule has 0 radical (unpaired) electrons. The van der Waals surface area contributed by atoms with E-state index in [1.807, 2.05) is 5.38 Å². The van der Waals surface area contributed by atoms with Crippen molar-refractivity contribution in [3.63, 3.8) is 0 Å². The number of hydrogen-bond acceptors (Lipinski definition) is 7. The van der Waals surface area contributed by atoms with E-state index < -0.39 is 0 Å². The molecule has 0 aliphatic rings. The molecule has 2 aromatic heterocycles. The molecule has 2 rings (SSSR count). The molecule has 0 bridgehead atoms. The van der Waals surface area contributed by atoms with Crippen LogP contribution in [0.2, 0.25) is 10.6 Å². The number of aromatic nitrogens is 5. The van der Waals surface area contributed by atoms with Gasteiger partial charge in [0.05, 0.1) is 12.2 Å². The SMILES string of the molecule is Clc1nc(Cl)nc(NCc2csnn2)n1. The second kappa shape index (κ2) is 4.65. The lowest BCUT2D eigenvalue weighted by molar-refractivity contribution is 0.956. The molecule has 1 N–H and O–H groups in total. The fourth-order valence-corrected chi connectivity index (χ4v) is 1.65. The zero-order valence-electron chi connectivity index (χ0n) is 7.18. The van der Waals surface area contributed by atoms with Crippen LogP contribution in [0.25, 0.3) is 0 Å². The van der Waals surface area contributed by atoms with E-state index in [0.717, 1.165) is 5.69 Å². The summed E-state index contributed by atoms with van der Waals surface area (Å²) >= 11 is 12.5. The smallest absolute Gasteiger partial charge is 0.228 e. The summed E-state index contributed by atoms with van der Waals surface area (Å²) in [7, 11) is 0. The molecule has 2 heterocycles. The molecule has 0 unspecified atom stereocenters. The number of halogens is 2. The Labute approximate surface area is 98.9 Å². The number of nitrogens with zero attached hydrogens (tertiary/aromatic N) is 5. The van der Waals surface area contributed by atoms with E-state index in [4.69, 9.17) is 23.2 Å². The lowest BCUT2D eigenvalue weighted by Crippen LogP contribution is -2.05. The van der Waals surface area contributed by atoms with E-state index in [0.29, 0.717) is 12.5 Å². The van der Waals surface area contributed by atoms with Crippen molar-refractivity contribution >= 4 is 40.7 Å². The molecule has 0 aliphatic carbocycles. The van der Waals surface area contributed by atoms with Crippen LogP contribution < -0.4 is 5.32 Å². The van der Waals surface area contributed by atoms with Gasteiger partial charge in [-0.05, 0) is 34.7 Å². The standard InChI is InChI=1S/C6H4Cl2N6S/c7-4-10-5(8)12-6(11-4)9-1-3-2-15-14-13-3/h2H,1H2,(H,9,10,11,12). The molecule has 15 heavy (non-hydrogen) atoms. The average Bonchev–Trinajstić information content (AvgIpc) is 2.65. The average molecular weight is 263 g/mol. The number of rotatable bonds is 3. The second-order valence-electron chi connectivity index (χ2n) is 2.45. The van der Waals surface area contributed by atoms with Gasteiger partial charge in [0.2, 0.25) is 16.5 Å². The maximum absolute atomic E-state index is 5.60. The van der Waals surface area contributed by atoms with Gasteiger partial charge in [0, 0.05) is 5.38 Å². The summed E-state index contributed by atoms with van der Waals surface area (Å²) in [5.74, 6) is 0.313. The molecule has 0 aliphatic heterocycles. The van der Waals surface area contributed by atoms with Crippen LogP contribution >= 0.6 is 34.7 Å². The van der Waals surface area contributed by atoms with Crippen molar-refractivity contribution in [1.82, 2.24) is 24.5 Å². The van der Waals surface area contributed by atoms with E-state index in [1.54, 1.807) is 0 Å². The summed E-state index contributed by atoms with van der Waals surface area (Å²) in [4.78, 5) is 11.3. The van der Waals surface area contributed by atoms with Gasteiger partial charge in [0.1, 0.15) is 0 Å². The summed E-state index contributed by atoms with van der Waals surface area (Å²) in [6, 6.07) is 0. The molecule has 6 nitrogen and oxygen atoms in total. The Morgan fingerprint density at radius 2 is 1.93 bits per heavy atom. The highest BCUT2D eigenvalue weighted by molar-refractivity contribution is 7.03. The van der Waals surface area contributed by atoms with E-state index in [9.17, 15) is 0 Å². The molecule has 0 amide bonds. The zero-order valence-corrected chi connectivity index (χ0v) is 9.51. The van der Waals surface area contributed by atoms with Gasteiger partial charge in [-0.1, -0.05) is 4.49 Å². The van der Waals surface area contributed by atoms with Crippen LogP contribution in [0.3, 0.4) is 0 Å². The first kappa shape index (κ1) is 10.5. The second-order valence-corrected chi connectivity index (χ2v) is 3.73. The van der Waals surface area contributed by atoms with E-state index in [2.05, 4.69) is 29.9 Å². The number of hydrogen-bond donors (Lipinski definition) is 1. The fourth-order valence-electron chi connectivity index (χ4n) is 0.836. The van der Waals surface area contributed by atoms with Crippen molar-refractivity contribution in [1.29, 1.82) is 0 Å². The van der Waals surface area contributed by atoms with Crippen molar-refractivity contribution in [2.75, 3.05) is 5.32 Å². The molecule has 0 fully saturated rings. The van der Waals surface area contributed by atoms with Gasteiger partial charge in [0.15, 0.2) is 0 Å². The zero-order chi connectivity index (χ0) is 10.7. The fraction of sp³-hybridized carbons (Fsp3) is 0.167. The summed E-state index contributed by atoms with van der Waals surface area (Å²) in [6.45, 7) is 0.465. The van der Waals surface area contributed by atoms with Crippen LogP contribution in [-0.2, 0) is 6.54 Å². The first-order valence-electron chi connectivity index (χ1n) is 3.81. The maximum Gasteiger partial charge on any atom is 0.228 e. The molecule has 0 saturated heterocycles. The number of nitrogens with one attached hydrogen (secondary N) is 1. The molecular formula is C6H4Cl2N6S. The maximum atomic E-state index is 5.60. The van der Waals surface area contributed by atoms with Gasteiger partial charge in [0.25, 0.3) is 0 Å². The summed E-state index contributed by atoms with van der Waals surface area (Å²) in [5.41, 5.74) is 0.799. The molecule has 9 heteroatoms. The Morgan fingerprint density at radius 3 is 2.53 bits per heavy atom. The minimum atomic E-state index is 0.0499. The Bertz CT molecular complexity index is 427. The predicted octanol–water partition coefficient (Wildman–Crippen LogP) is 1.64. The van der Waals surface area contributed by atoms with Crippen LogP contribution in [-0.4, -0.2) is 24.5 Å². The highest BCUT2D eigenvalue weighted by Gasteiger charge is 2.03. The van der Waals surface area contributed by atoms with Gasteiger partial charge in [-0.3, -0.25) is 0 Å². The normalized spacial score (nSPS) is 10.3. The Balaban J connectivity index is 2.05. The molecular weight excluding hydrogens is 259 g/mol. The lowest BCUT2D eigenvalue weighted by Gasteiger charge is -2.01. The summed E-state index contributed by atoms with van der Waals surface area (Å²) < 4.78 is 3.72. The van der Waals surface area contributed by atoms with Crippen LogP contribution in [0.15, 0.2) is 5.38 Å². The molecule has 2 aromatic rings. The van der Waals surface area contributed by atoms with E-state index in [-0.39, 0.29) is 10.6 Å². The molecule has 0 saturated carbocycles. The highest BCUT2D eigenvalue weighted by atomic mass is 35.5. The number of anilines is 1. The third-order valence-electron chi connectivity index (χ3n) is 1.41. The quantitative estimate of drug-likeness (QED) is 0.907. The Hall–Kier alpha value is -1.05. The topological polar surface area (TPSA) is 76.5 Å².